The Bertz CT molecular complexity index is 490. The van der Waals surface area contributed by atoms with E-state index in [2.05, 4.69) is 4.98 Å². The molecule has 1 amide bonds. The summed E-state index contributed by atoms with van der Waals surface area (Å²) in [4.78, 5) is 27.8. The highest BCUT2D eigenvalue weighted by Gasteiger charge is 2.39. The second-order valence-electron chi connectivity index (χ2n) is 4.09. The van der Waals surface area contributed by atoms with Gasteiger partial charge in [-0.2, -0.15) is 0 Å². The summed E-state index contributed by atoms with van der Waals surface area (Å²) in [5.41, 5.74) is -0.0228. The molecule has 96 valence electrons. The Morgan fingerprint density at radius 1 is 1.44 bits per heavy atom. The van der Waals surface area contributed by atoms with Gasteiger partial charge < -0.3 is 20.2 Å². The van der Waals surface area contributed by atoms with Gasteiger partial charge in [-0.3, -0.25) is 9.78 Å². The van der Waals surface area contributed by atoms with Gasteiger partial charge in [0.05, 0.1) is 17.9 Å². The number of aliphatic hydroxyl groups is 1. The quantitative estimate of drug-likeness (QED) is 0.651. The van der Waals surface area contributed by atoms with Crippen molar-refractivity contribution in [2.75, 3.05) is 6.54 Å². The highest BCUT2D eigenvalue weighted by Crippen LogP contribution is 2.24. The molecule has 0 aliphatic carbocycles. The van der Waals surface area contributed by atoms with E-state index in [0.29, 0.717) is 0 Å². The number of likely N-dealkylation sites (tertiary alicyclic amines) is 1. The van der Waals surface area contributed by atoms with Crippen LogP contribution in [-0.2, 0) is 4.79 Å². The third-order valence-electron chi connectivity index (χ3n) is 2.86. The van der Waals surface area contributed by atoms with E-state index in [1.54, 1.807) is 0 Å². The van der Waals surface area contributed by atoms with Crippen LogP contribution >= 0.6 is 0 Å². The molecule has 0 saturated carbocycles. The number of amides is 1. The van der Waals surface area contributed by atoms with E-state index >= 15 is 0 Å². The van der Waals surface area contributed by atoms with Crippen LogP contribution in [0.2, 0.25) is 0 Å². The first kappa shape index (κ1) is 12.3. The molecule has 1 fully saturated rings. The number of aliphatic carboxylic acids is 1. The minimum atomic E-state index is -1.17. The molecule has 2 atom stereocenters. The maximum atomic E-state index is 12.1. The summed E-state index contributed by atoms with van der Waals surface area (Å²) in [5, 5.41) is 28.0. The maximum absolute atomic E-state index is 12.1. The van der Waals surface area contributed by atoms with E-state index in [9.17, 15) is 19.8 Å². The van der Waals surface area contributed by atoms with E-state index in [-0.39, 0.29) is 24.3 Å². The minimum absolute atomic E-state index is 0.00702. The number of carboxylic acid groups (broad SMARTS) is 1. The minimum Gasteiger partial charge on any atom is -0.505 e. The Morgan fingerprint density at radius 3 is 2.78 bits per heavy atom. The Labute approximate surface area is 102 Å². The van der Waals surface area contributed by atoms with Crippen LogP contribution in [0, 0.1) is 0 Å². The summed E-state index contributed by atoms with van der Waals surface area (Å²) in [5.74, 6) is -2.11. The second kappa shape index (κ2) is 4.61. The molecule has 2 heterocycles. The number of pyridine rings is 1. The van der Waals surface area contributed by atoms with Crippen LogP contribution in [0.3, 0.4) is 0 Å². The van der Waals surface area contributed by atoms with Gasteiger partial charge >= 0.3 is 5.97 Å². The number of β-amino-alcohol motifs (C(OH)–C–C–N with tert-alkyl or cyclic N) is 1. The number of nitrogens with zero attached hydrogens (tertiary/aromatic N) is 2. The van der Waals surface area contributed by atoms with Crippen molar-refractivity contribution < 1.29 is 24.9 Å². The smallest absolute Gasteiger partial charge is 0.326 e. The molecule has 1 saturated heterocycles. The summed E-state index contributed by atoms with van der Waals surface area (Å²) >= 11 is 0. The first-order valence-electron chi connectivity index (χ1n) is 5.35. The van der Waals surface area contributed by atoms with Crippen molar-refractivity contribution in [3.63, 3.8) is 0 Å². The highest BCUT2D eigenvalue weighted by molar-refractivity contribution is 5.99. The zero-order valence-corrected chi connectivity index (χ0v) is 9.35. The molecular weight excluding hydrogens is 240 g/mol. The van der Waals surface area contributed by atoms with Crippen LogP contribution in [0.4, 0.5) is 0 Å². The summed E-state index contributed by atoms with van der Waals surface area (Å²) in [6, 6.07) is 0.237. The highest BCUT2D eigenvalue weighted by atomic mass is 16.4. The average Bonchev–Trinajstić information content (AvgIpc) is 2.71. The van der Waals surface area contributed by atoms with Crippen molar-refractivity contribution in [1.82, 2.24) is 9.88 Å². The summed E-state index contributed by atoms with van der Waals surface area (Å²) in [6.07, 6.45) is 1.57. The van der Waals surface area contributed by atoms with Crippen molar-refractivity contribution in [1.29, 1.82) is 0 Å². The lowest BCUT2D eigenvalue weighted by molar-refractivity contribution is -0.141. The van der Waals surface area contributed by atoms with Crippen molar-refractivity contribution in [2.45, 2.75) is 18.6 Å². The van der Waals surface area contributed by atoms with Crippen molar-refractivity contribution in [2.24, 2.45) is 0 Å². The van der Waals surface area contributed by atoms with Crippen LogP contribution in [-0.4, -0.2) is 55.8 Å². The van der Waals surface area contributed by atoms with Crippen molar-refractivity contribution in [3.05, 3.63) is 24.0 Å². The molecule has 0 unspecified atom stereocenters. The lowest BCUT2D eigenvalue weighted by Gasteiger charge is -2.21. The molecule has 2 rings (SSSR count). The predicted octanol–water partition coefficient (Wildman–Crippen LogP) is -0.553. The van der Waals surface area contributed by atoms with Gasteiger partial charge in [0.2, 0.25) is 0 Å². The Hall–Kier alpha value is -2.15. The van der Waals surface area contributed by atoms with E-state index < -0.39 is 24.0 Å². The summed E-state index contributed by atoms with van der Waals surface area (Å²) in [6.45, 7) is -0.0580. The van der Waals surface area contributed by atoms with Crippen LogP contribution in [0.1, 0.15) is 16.8 Å². The van der Waals surface area contributed by atoms with Gasteiger partial charge in [-0.25, -0.2) is 4.79 Å². The Morgan fingerprint density at radius 2 is 2.17 bits per heavy atom. The van der Waals surface area contributed by atoms with E-state index in [1.165, 1.54) is 12.3 Å². The molecule has 0 bridgehead atoms. The number of carbonyl (C=O) groups is 2. The van der Waals surface area contributed by atoms with Crippen LogP contribution in [0.25, 0.3) is 0 Å². The molecule has 3 N–H and O–H groups in total. The summed E-state index contributed by atoms with van der Waals surface area (Å²) < 4.78 is 0. The molecule has 1 aromatic rings. The van der Waals surface area contributed by atoms with Crippen LogP contribution in [0.5, 0.6) is 5.75 Å². The maximum Gasteiger partial charge on any atom is 0.326 e. The third kappa shape index (κ3) is 2.12. The normalized spacial score (nSPS) is 23.1. The number of aromatic nitrogens is 1. The fraction of sp³-hybridized carbons (Fsp3) is 0.364. The van der Waals surface area contributed by atoms with Crippen molar-refractivity contribution in [3.8, 4) is 5.75 Å². The largest absolute Gasteiger partial charge is 0.505 e. The van der Waals surface area contributed by atoms with Gasteiger partial charge in [0.15, 0.2) is 0 Å². The molecule has 1 aliphatic heterocycles. The first-order chi connectivity index (χ1) is 8.50. The zero-order chi connectivity index (χ0) is 13.3. The van der Waals surface area contributed by atoms with Gasteiger partial charge in [0.1, 0.15) is 11.8 Å². The van der Waals surface area contributed by atoms with Gasteiger partial charge in [0.25, 0.3) is 5.91 Å². The number of carboxylic acids is 1. The van der Waals surface area contributed by atoms with Crippen LogP contribution < -0.4 is 0 Å². The summed E-state index contributed by atoms with van der Waals surface area (Å²) in [7, 11) is 0. The molecule has 1 aromatic heterocycles. The number of hydrogen-bond acceptors (Lipinski definition) is 5. The van der Waals surface area contributed by atoms with E-state index in [0.717, 1.165) is 11.1 Å². The molecular formula is C11H12N2O5. The predicted molar refractivity (Wildman–Crippen MR) is 59.0 cm³/mol. The second-order valence-corrected chi connectivity index (χ2v) is 4.09. The van der Waals surface area contributed by atoms with Gasteiger partial charge in [-0.15, -0.1) is 0 Å². The molecule has 7 heteroatoms. The lowest BCUT2D eigenvalue weighted by atomic mass is 10.2. The lowest BCUT2D eigenvalue weighted by Crippen LogP contribution is -2.40. The Kier molecular flexibility index (Phi) is 3.15. The molecule has 1 aliphatic rings. The average molecular weight is 252 g/mol. The topological polar surface area (TPSA) is 111 Å². The number of aromatic hydroxyl groups is 1. The Balaban J connectivity index is 2.28. The fourth-order valence-electron chi connectivity index (χ4n) is 1.99. The van der Waals surface area contributed by atoms with E-state index in [1.807, 2.05) is 0 Å². The molecule has 0 radical (unpaired) electrons. The molecule has 7 nitrogen and oxygen atoms in total. The number of rotatable bonds is 2. The first-order valence-corrected chi connectivity index (χ1v) is 5.35. The van der Waals surface area contributed by atoms with E-state index in [4.69, 9.17) is 5.11 Å². The van der Waals surface area contributed by atoms with Crippen molar-refractivity contribution >= 4 is 11.9 Å². The molecule has 0 spiro atoms. The monoisotopic (exact) mass is 252 g/mol. The van der Waals surface area contributed by atoms with Gasteiger partial charge in [-0.1, -0.05) is 0 Å². The number of carbonyl (C=O) groups excluding carboxylic acids is 1. The standard InChI is InChI=1S/C11H12N2O5/c14-6-3-8(11(17)18)13(5-6)10(16)7-1-2-12-4-9(7)15/h1-2,4,6,8,14-15H,3,5H2,(H,17,18)/t6-,8-/m1/s1. The van der Waals surface area contributed by atoms with Crippen LogP contribution in [0.15, 0.2) is 18.5 Å². The molecule has 18 heavy (non-hydrogen) atoms. The zero-order valence-electron chi connectivity index (χ0n) is 9.35. The third-order valence-corrected chi connectivity index (χ3v) is 2.86. The van der Waals surface area contributed by atoms with Gasteiger partial charge in [0, 0.05) is 19.2 Å². The van der Waals surface area contributed by atoms with Gasteiger partial charge in [-0.05, 0) is 6.07 Å². The SMILES string of the molecule is O=C(O)[C@H]1C[C@@H](O)CN1C(=O)c1ccncc1O. The fourth-order valence-corrected chi connectivity index (χ4v) is 1.99. The number of aliphatic hydroxyl groups excluding tert-OH is 1. The number of hydrogen-bond donors (Lipinski definition) is 3. The molecule has 0 aromatic carbocycles.